The number of ether oxygens (including phenoxy) is 2. The second-order valence-corrected chi connectivity index (χ2v) is 6.13. The lowest BCUT2D eigenvalue weighted by atomic mass is 10.1. The van der Waals surface area contributed by atoms with E-state index in [4.69, 9.17) is 9.47 Å². The molecule has 3 heterocycles. The number of carbonyl (C=O) groups is 2. The van der Waals surface area contributed by atoms with Gasteiger partial charge in [-0.2, -0.15) is 0 Å². The quantitative estimate of drug-likeness (QED) is 0.808. The van der Waals surface area contributed by atoms with E-state index in [2.05, 4.69) is 9.97 Å². The molecule has 1 saturated heterocycles. The van der Waals surface area contributed by atoms with Gasteiger partial charge in [0.2, 0.25) is 12.7 Å². The summed E-state index contributed by atoms with van der Waals surface area (Å²) in [4.78, 5) is 36.4. The van der Waals surface area contributed by atoms with Gasteiger partial charge in [-0.25, -0.2) is 4.98 Å². The van der Waals surface area contributed by atoms with Crippen LogP contribution in [0.4, 0.5) is 0 Å². The van der Waals surface area contributed by atoms with Crippen LogP contribution in [0.25, 0.3) is 0 Å². The van der Waals surface area contributed by atoms with E-state index in [1.165, 1.54) is 18.6 Å². The summed E-state index contributed by atoms with van der Waals surface area (Å²) in [6.07, 6.45) is 4.79. The SMILES string of the molecule is O=C(Cc1ccc2c(c1)OCO2)N1CCN(C(=O)c2cnccn2)CC1. The molecule has 0 bridgehead atoms. The molecule has 0 atom stereocenters. The fraction of sp³-hybridized carbons (Fsp3) is 0.333. The fourth-order valence-electron chi connectivity index (χ4n) is 3.07. The molecule has 2 amide bonds. The maximum atomic E-state index is 12.5. The van der Waals surface area contributed by atoms with Gasteiger partial charge in [0.05, 0.1) is 12.6 Å². The third-order valence-corrected chi connectivity index (χ3v) is 4.49. The summed E-state index contributed by atoms with van der Waals surface area (Å²) in [5.41, 5.74) is 1.21. The van der Waals surface area contributed by atoms with Crippen LogP contribution in [-0.2, 0) is 11.2 Å². The van der Waals surface area contributed by atoms with Crippen molar-refractivity contribution < 1.29 is 19.1 Å². The van der Waals surface area contributed by atoms with Crippen molar-refractivity contribution in [2.45, 2.75) is 6.42 Å². The van der Waals surface area contributed by atoms with Gasteiger partial charge in [-0.15, -0.1) is 0 Å². The molecule has 134 valence electrons. The summed E-state index contributed by atoms with van der Waals surface area (Å²) in [5, 5.41) is 0. The number of hydrogen-bond donors (Lipinski definition) is 0. The molecule has 2 aliphatic heterocycles. The third-order valence-electron chi connectivity index (χ3n) is 4.49. The zero-order valence-corrected chi connectivity index (χ0v) is 14.1. The highest BCUT2D eigenvalue weighted by Gasteiger charge is 2.26. The van der Waals surface area contributed by atoms with Crippen LogP contribution in [0, 0.1) is 0 Å². The molecule has 0 N–H and O–H groups in total. The Morgan fingerprint density at radius 1 is 1.00 bits per heavy atom. The first-order valence-electron chi connectivity index (χ1n) is 8.42. The van der Waals surface area contributed by atoms with Gasteiger partial charge in [-0.05, 0) is 17.7 Å². The van der Waals surface area contributed by atoms with Crippen LogP contribution in [0.15, 0.2) is 36.8 Å². The summed E-state index contributed by atoms with van der Waals surface area (Å²) in [6, 6.07) is 5.54. The van der Waals surface area contributed by atoms with Gasteiger partial charge < -0.3 is 19.3 Å². The maximum Gasteiger partial charge on any atom is 0.274 e. The fourth-order valence-corrected chi connectivity index (χ4v) is 3.07. The van der Waals surface area contributed by atoms with Crippen molar-refractivity contribution in [1.82, 2.24) is 19.8 Å². The number of piperazine rings is 1. The van der Waals surface area contributed by atoms with Gasteiger partial charge >= 0.3 is 0 Å². The Labute approximate surface area is 150 Å². The van der Waals surface area contributed by atoms with Gasteiger partial charge in [0.25, 0.3) is 5.91 Å². The second-order valence-electron chi connectivity index (χ2n) is 6.13. The van der Waals surface area contributed by atoms with Crippen LogP contribution in [0.2, 0.25) is 0 Å². The van der Waals surface area contributed by atoms with Gasteiger partial charge in [-0.1, -0.05) is 6.07 Å². The minimum absolute atomic E-state index is 0.0375. The predicted octanol–water partition coefficient (Wildman–Crippen LogP) is 0.732. The first-order chi connectivity index (χ1) is 12.7. The number of hydrogen-bond acceptors (Lipinski definition) is 6. The Morgan fingerprint density at radius 2 is 1.77 bits per heavy atom. The molecule has 0 spiro atoms. The molecule has 1 aromatic heterocycles. The van der Waals surface area contributed by atoms with Crippen molar-refractivity contribution >= 4 is 11.8 Å². The van der Waals surface area contributed by atoms with Crippen molar-refractivity contribution in [2.75, 3.05) is 33.0 Å². The molecule has 8 nitrogen and oxygen atoms in total. The number of fused-ring (bicyclic) bond motifs is 1. The Morgan fingerprint density at radius 3 is 2.54 bits per heavy atom. The van der Waals surface area contributed by atoms with E-state index in [1.54, 1.807) is 9.80 Å². The summed E-state index contributed by atoms with van der Waals surface area (Å²) in [7, 11) is 0. The smallest absolute Gasteiger partial charge is 0.274 e. The Kier molecular flexibility index (Phi) is 4.39. The van der Waals surface area contributed by atoms with Crippen molar-refractivity contribution in [3.8, 4) is 11.5 Å². The average molecular weight is 354 g/mol. The Bertz CT molecular complexity index is 819. The standard InChI is InChI=1S/C18H18N4O4/c23-17(10-13-1-2-15-16(9-13)26-12-25-15)21-5-7-22(8-6-21)18(24)14-11-19-3-4-20-14/h1-4,9,11H,5-8,10,12H2. The van der Waals surface area contributed by atoms with Crippen LogP contribution in [0.5, 0.6) is 11.5 Å². The van der Waals surface area contributed by atoms with Crippen LogP contribution >= 0.6 is 0 Å². The van der Waals surface area contributed by atoms with Crippen molar-refractivity contribution in [3.05, 3.63) is 48.0 Å². The molecule has 0 aliphatic carbocycles. The summed E-state index contributed by atoms with van der Waals surface area (Å²) in [5.74, 6) is 1.27. The third kappa shape index (κ3) is 3.30. The summed E-state index contributed by atoms with van der Waals surface area (Å²) >= 11 is 0. The number of aromatic nitrogens is 2. The lowest BCUT2D eigenvalue weighted by Crippen LogP contribution is -2.51. The molecule has 0 unspecified atom stereocenters. The topological polar surface area (TPSA) is 84.9 Å². The summed E-state index contributed by atoms with van der Waals surface area (Å²) < 4.78 is 10.6. The first-order valence-corrected chi connectivity index (χ1v) is 8.42. The highest BCUT2D eigenvalue weighted by Crippen LogP contribution is 2.32. The van der Waals surface area contributed by atoms with E-state index >= 15 is 0 Å². The van der Waals surface area contributed by atoms with Gasteiger partial charge in [0.15, 0.2) is 11.5 Å². The number of benzene rings is 1. The zero-order valence-electron chi connectivity index (χ0n) is 14.1. The van der Waals surface area contributed by atoms with E-state index in [0.717, 1.165) is 5.56 Å². The Balaban J connectivity index is 1.33. The highest BCUT2D eigenvalue weighted by molar-refractivity contribution is 5.92. The average Bonchev–Trinajstić information content (AvgIpc) is 3.16. The lowest BCUT2D eigenvalue weighted by molar-refractivity contribution is -0.131. The van der Waals surface area contributed by atoms with E-state index in [-0.39, 0.29) is 18.6 Å². The minimum Gasteiger partial charge on any atom is -0.454 e. The van der Waals surface area contributed by atoms with E-state index in [1.807, 2.05) is 18.2 Å². The van der Waals surface area contributed by atoms with Crippen LogP contribution in [0.1, 0.15) is 16.1 Å². The zero-order chi connectivity index (χ0) is 17.9. The van der Waals surface area contributed by atoms with E-state index in [0.29, 0.717) is 49.8 Å². The molecule has 0 saturated carbocycles. The largest absolute Gasteiger partial charge is 0.454 e. The normalized spacial score (nSPS) is 15.8. The molecular formula is C18H18N4O4. The van der Waals surface area contributed by atoms with E-state index in [9.17, 15) is 9.59 Å². The molecule has 0 radical (unpaired) electrons. The Hall–Kier alpha value is -3.16. The van der Waals surface area contributed by atoms with E-state index < -0.39 is 0 Å². The number of amides is 2. The highest BCUT2D eigenvalue weighted by atomic mass is 16.7. The van der Waals surface area contributed by atoms with Gasteiger partial charge in [-0.3, -0.25) is 14.6 Å². The van der Waals surface area contributed by atoms with Crippen molar-refractivity contribution in [3.63, 3.8) is 0 Å². The van der Waals surface area contributed by atoms with Gasteiger partial charge in [0, 0.05) is 38.6 Å². The maximum absolute atomic E-state index is 12.5. The monoisotopic (exact) mass is 354 g/mol. The lowest BCUT2D eigenvalue weighted by Gasteiger charge is -2.34. The molecule has 1 aromatic carbocycles. The number of nitrogens with zero attached hydrogens (tertiary/aromatic N) is 4. The molecule has 4 rings (SSSR count). The number of carbonyl (C=O) groups excluding carboxylic acids is 2. The first kappa shape index (κ1) is 16.3. The molecule has 2 aliphatic rings. The van der Waals surface area contributed by atoms with Crippen LogP contribution in [-0.4, -0.2) is 64.6 Å². The molecule has 26 heavy (non-hydrogen) atoms. The molecule has 1 fully saturated rings. The molecular weight excluding hydrogens is 336 g/mol. The predicted molar refractivity (Wildman–Crippen MR) is 90.8 cm³/mol. The number of rotatable bonds is 3. The van der Waals surface area contributed by atoms with Crippen LogP contribution < -0.4 is 9.47 Å². The van der Waals surface area contributed by atoms with Crippen molar-refractivity contribution in [1.29, 1.82) is 0 Å². The second kappa shape index (κ2) is 6.99. The summed E-state index contributed by atoms with van der Waals surface area (Å²) in [6.45, 7) is 2.21. The van der Waals surface area contributed by atoms with Gasteiger partial charge in [0.1, 0.15) is 5.69 Å². The molecule has 2 aromatic rings. The molecule has 8 heteroatoms. The van der Waals surface area contributed by atoms with Crippen molar-refractivity contribution in [2.24, 2.45) is 0 Å². The minimum atomic E-state index is -0.152. The van der Waals surface area contributed by atoms with Crippen LogP contribution in [0.3, 0.4) is 0 Å².